The van der Waals surface area contributed by atoms with Gasteiger partial charge in [0.25, 0.3) is 0 Å². The lowest BCUT2D eigenvalue weighted by Crippen LogP contribution is -2.35. The van der Waals surface area contributed by atoms with Crippen molar-refractivity contribution in [2.45, 2.75) is 51.6 Å². The molecule has 0 bridgehead atoms. The number of rotatable bonds is 5. The van der Waals surface area contributed by atoms with E-state index in [4.69, 9.17) is 10.00 Å². The van der Waals surface area contributed by atoms with Crippen LogP contribution < -0.4 is 10.1 Å². The van der Waals surface area contributed by atoms with Crippen LogP contribution in [0.3, 0.4) is 0 Å². The minimum Gasteiger partial charge on any atom is -0.444 e. The molecule has 1 amide bonds. The van der Waals surface area contributed by atoms with Crippen molar-refractivity contribution in [3.63, 3.8) is 0 Å². The van der Waals surface area contributed by atoms with Crippen LogP contribution in [0, 0.1) is 11.3 Å². The monoisotopic (exact) mass is 344 g/mol. The van der Waals surface area contributed by atoms with Crippen LogP contribution in [0.2, 0.25) is 0 Å². The van der Waals surface area contributed by atoms with Crippen molar-refractivity contribution >= 4 is 6.09 Å². The number of nitrogens with zero attached hydrogens (tertiary/aromatic N) is 1. The van der Waals surface area contributed by atoms with E-state index in [0.29, 0.717) is 5.56 Å². The number of carbonyl (C=O) groups excluding carboxylic acids is 1. The molecule has 5 nitrogen and oxygen atoms in total. The predicted molar refractivity (Wildman–Crippen MR) is 80.1 cm³/mol. The molecule has 0 heterocycles. The first-order valence-corrected chi connectivity index (χ1v) is 7.22. The quantitative estimate of drug-likeness (QED) is 0.856. The number of halogens is 3. The van der Waals surface area contributed by atoms with Crippen LogP contribution in [-0.4, -0.2) is 18.1 Å². The molecular formula is C16H19F3N2O3. The maximum absolute atomic E-state index is 12.3. The van der Waals surface area contributed by atoms with Gasteiger partial charge in [0.1, 0.15) is 11.4 Å². The molecule has 1 unspecified atom stereocenters. The van der Waals surface area contributed by atoms with Gasteiger partial charge in [-0.2, -0.15) is 5.26 Å². The van der Waals surface area contributed by atoms with Gasteiger partial charge in [-0.25, -0.2) is 4.79 Å². The Morgan fingerprint density at radius 2 is 2.00 bits per heavy atom. The zero-order valence-electron chi connectivity index (χ0n) is 13.6. The zero-order chi connectivity index (χ0) is 18.4. The molecule has 0 saturated carbocycles. The molecule has 1 atom stereocenters. The summed E-state index contributed by atoms with van der Waals surface area (Å²) in [5.41, 5.74) is -0.330. The molecule has 0 aliphatic carbocycles. The van der Waals surface area contributed by atoms with Gasteiger partial charge in [-0.1, -0.05) is 12.1 Å². The van der Waals surface area contributed by atoms with E-state index in [0.717, 1.165) is 6.07 Å². The second-order valence-electron chi connectivity index (χ2n) is 6.02. The highest BCUT2D eigenvalue weighted by atomic mass is 19.4. The minimum atomic E-state index is -4.81. The normalized spacial score (nSPS) is 12.9. The number of hydrogen-bond donors (Lipinski definition) is 1. The first-order valence-electron chi connectivity index (χ1n) is 7.22. The van der Waals surface area contributed by atoms with Gasteiger partial charge in [-0.15, -0.1) is 13.2 Å². The average molecular weight is 344 g/mol. The van der Waals surface area contributed by atoms with Crippen LogP contribution in [-0.2, 0) is 4.74 Å². The molecule has 132 valence electrons. The van der Waals surface area contributed by atoms with Crippen molar-refractivity contribution in [3.8, 4) is 11.8 Å². The third kappa shape index (κ3) is 7.72. The molecule has 1 aromatic carbocycles. The number of amides is 1. The molecule has 8 heteroatoms. The van der Waals surface area contributed by atoms with Crippen LogP contribution in [0.5, 0.6) is 5.75 Å². The van der Waals surface area contributed by atoms with Crippen LogP contribution in [0.25, 0.3) is 0 Å². The summed E-state index contributed by atoms with van der Waals surface area (Å²) in [7, 11) is 0. The van der Waals surface area contributed by atoms with Crippen LogP contribution in [0.15, 0.2) is 24.3 Å². The molecule has 0 aliphatic heterocycles. The van der Waals surface area contributed by atoms with E-state index >= 15 is 0 Å². The summed E-state index contributed by atoms with van der Waals surface area (Å²) in [5.74, 6) is -0.395. The largest absolute Gasteiger partial charge is 0.573 e. The summed E-state index contributed by atoms with van der Waals surface area (Å²) in [6.07, 6.45) is -5.18. The Morgan fingerprint density at radius 3 is 2.54 bits per heavy atom. The number of alkyl halides is 3. The van der Waals surface area contributed by atoms with Crippen molar-refractivity contribution in [1.82, 2.24) is 5.32 Å². The first-order chi connectivity index (χ1) is 11.0. The highest BCUT2D eigenvalue weighted by Crippen LogP contribution is 2.27. The van der Waals surface area contributed by atoms with Gasteiger partial charge in [-0.3, -0.25) is 0 Å². The Hall–Kier alpha value is -2.43. The standard InChI is InChI=1S/C16H19F3N2O3/c1-15(2,3)24-14(22)21-13(8-5-9-20)11-6-4-7-12(10-11)23-16(17,18)19/h4,6-7,10,13H,5,8H2,1-3H3,(H,21,22). The fourth-order valence-corrected chi connectivity index (χ4v) is 1.91. The summed E-state index contributed by atoms with van der Waals surface area (Å²) in [4.78, 5) is 11.9. The zero-order valence-corrected chi connectivity index (χ0v) is 13.6. The Balaban J connectivity index is 2.93. The van der Waals surface area contributed by atoms with E-state index in [9.17, 15) is 18.0 Å². The third-order valence-electron chi connectivity index (χ3n) is 2.73. The molecular weight excluding hydrogens is 325 g/mol. The maximum Gasteiger partial charge on any atom is 0.573 e. The van der Waals surface area contributed by atoms with Gasteiger partial charge in [-0.05, 0) is 44.9 Å². The van der Waals surface area contributed by atoms with Crippen molar-refractivity contribution in [1.29, 1.82) is 5.26 Å². The van der Waals surface area contributed by atoms with Crippen molar-refractivity contribution < 1.29 is 27.4 Å². The third-order valence-corrected chi connectivity index (χ3v) is 2.73. The lowest BCUT2D eigenvalue weighted by atomic mass is 10.0. The van der Waals surface area contributed by atoms with Gasteiger partial charge in [0.05, 0.1) is 12.1 Å². The fourth-order valence-electron chi connectivity index (χ4n) is 1.91. The van der Waals surface area contributed by atoms with Gasteiger partial charge in [0, 0.05) is 6.42 Å². The molecule has 0 fully saturated rings. The number of alkyl carbamates (subject to hydrolysis) is 1. The van der Waals surface area contributed by atoms with E-state index in [-0.39, 0.29) is 12.8 Å². The first kappa shape index (κ1) is 19.6. The van der Waals surface area contributed by atoms with Crippen molar-refractivity contribution in [2.75, 3.05) is 0 Å². The molecule has 1 rings (SSSR count). The lowest BCUT2D eigenvalue weighted by Gasteiger charge is -2.24. The summed E-state index contributed by atoms with van der Waals surface area (Å²) >= 11 is 0. The summed E-state index contributed by atoms with van der Waals surface area (Å²) < 4.78 is 46.0. The van der Waals surface area contributed by atoms with E-state index in [1.165, 1.54) is 12.1 Å². The summed E-state index contributed by atoms with van der Waals surface area (Å²) in [6.45, 7) is 5.07. The number of hydrogen-bond acceptors (Lipinski definition) is 4. The van der Waals surface area contributed by atoms with Gasteiger partial charge in [0.2, 0.25) is 0 Å². The van der Waals surface area contributed by atoms with Gasteiger partial charge in [0.15, 0.2) is 0 Å². The Kier molecular flexibility index (Phi) is 6.46. The molecule has 0 spiro atoms. The number of carbonyl (C=O) groups is 1. The lowest BCUT2D eigenvalue weighted by molar-refractivity contribution is -0.274. The minimum absolute atomic E-state index is 0.116. The van der Waals surface area contributed by atoms with Gasteiger partial charge >= 0.3 is 12.5 Å². The molecule has 1 N–H and O–H groups in total. The number of nitriles is 1. The smallest absolute Gasteiger partial charge is 0.444 e. The molecule has 0 saturated heterocycles. The number of nitrogens with one attached hydrogen (secondary N) is 1. The fraction of sp³-hybridized carbons (Fsp3) is 0.500. The number of ether oxygens (including phenoxy) is 2. The van der Waals surface area contributed by atoms with Crippen molar-refractivity contribution in [2.24, 2.45) is 0 Å². The van der Waals surface area contributed by atoms with Crippen molar-refractivity contribution in [3.05, 3.63) is 29.8 Å². The van der Waals surface area contributed by atoms with E-state index in [1.807, 2.05) is 6.07 Å². The average Bonchev–Trinajstić information content (AvgIpc) is 2.39. The summed E-state index contributed by atoms with van der Waals surface area (Å²) in [6, 6.07) is 6.53. The Labute approximate surface area is 138 Å². The second-order valence-corrected chi connectivity index (χ2v) is 6.02. The Bertz CT molecular complexity index is 604. The van der Waals surface area contributed by atoms with E-state index in [2.05, 4.69) is 10.1 Å². The molecule has 24 heavy (non-hydrogen) atoms. The topological polar surface area (TPSA) is 71.3 Å². The highest BCUT2D eigenvalue weighted by Gasteiger charge is 2.31. The SMILES string of the molecule is CC(C)(C)OC(=O)NC(CCC#N)c1cccc(OC(F)(F)F)c1. The van der Waals surface area contributed by atoms with Gasteiger partial charge < -0.3 is 14.8 Å². The molecule has 0 aliphatic rings. The van der Waals surface area contributed by atoms with Crippen LogP contribution in [0.1, 0.15) is 45.2 Å². The van der Waals surface area contributed by atoms with Crippen LogP contribution >= 0.6 is 0 Å². The molecule has 1 aromatic rings. The maximum atomic E-state index is 12.3. The predicted octanol–water partition coefficient (Wildman–Crippen LogP) is 4.45. The molecule has 0 radical (unpaired) electrons. The van der Waals surface area contributed by atoms with Crippen LogP contribution in [0.4, 0.5) is 18.0 Å². The highest BCUT2D eigenvalue weighted by molar-refractivity contribution is 5.68. The molecule has 0 aromatic heterocycles. The van der Waals surface area contributed by atoms with E-state index < -0.39 is 29.8 Å². The second kappa shape index (κ2) is 7.90. The number of benzene rings is 1. The van der Waals surface area contributed by atoms with E-state index in [1.54, 1.807) is 26.8 Å². The Morgan fingerprint density at radius 1 is 1.33 bits per heavy atom. The summed E-state index contributed by atoms with van der Waals surface area (Å²) in [5, 5.41) is 11.3.